The van der Waals surface area contributed by atoms with E-state index in [-0.39, 0.29) is 18.0 Å². The van der Waals surface area contributed by atoms with E-state index in [9.17, 15) is 4.79 Å². The Morgan fingerprint density at radius 3 is 2.34 bits per heavy atom. The highest BCUT2D eigenvalue weighted by atomic mass is 16.2. The van der Waals surface area contributed by atoms with Crippen molar-refractivity contribution < 1.29 is 4.79 Å². The Bertz CT molecular complexity index is 976. The molecule has 0 saturated carbocycles. The molecule has 0 unspecified atom stereocenters. The number of nitrogens with zero attached hydrogens (tertiary/aromatic N) is 2. The number of amides is 1. The van der Waals surface area contributed by atoms with E-state index in [4.69, 9.17) is 0 Å². The van der Waals surface area contributed by atoms with Crippen molar-refractivity contribution in [2.24, 2.45) is 0 Å². The Balaban J connectivity index is 1.55. The van der Waals surface area contributed by atoms with Gasteiger partial charge in [-0.25, -0.2) is 0 Å². The first-order chi connectivity index (χ1) is 14.0. The third-order valence-electron chi connectivity index (χ3n) is 5.59. The van der Waals surface area contributed by atoms with E-state index in [1.807, 2.05) is 26.8 Å². The molecule has 5 nitrogen and oxygen atoms in total. The molecule has 0 saturated heterocycles. The van der Waals surface area contributed by atoms with Crippen LogP contribution >= 0.6 is 0 Å². The molecule has 3 aromatic rings. The number of carbonyl (C=O) groups is 1. The number of hydrogen-bond acceptors (Lipinski definition) is 3. The van der Waals surface area contributed by atoms with Crippen LogP contribution < -0.4 is 5.32 Å². The Kier molecular flexibility index (Phi) is 5.49. The zero-order valence-corrected chi connectivity index (χ0v) is 17.3. The monoisotopic (exact) mass is 388 g/mol. The Hall–Kier alpha value is -2.92. The summed E-state index contributed by atoms with van der Waals surface area (Å²) in [6.07, 6.45) is 0.879. The van der Waals surface area contributed by atoms with Gasteiger partial charge in [0.1, 0.15) is 0 Å². The number of nitrogens with one attached hydrogen (secondary N) is 2. The molecule has 1 aliphatic heterocycles. The average molecular weight is 389 g/mol. The first-order valence-corrected chi connectivity index (χ1v) is 10.3. The molecule has 0 spiro atoms. The van der Waals surface area contributed by atoms with Gasteiger partial charge in [-0.2, -0.15) is 5.10 Å². The SMILES string of the molecule is CC(C)NC(=O)[C@H](C)N1CCc2[nH]nc(-c3ccc(-c4ccccc4)cc3)c2C1. The molecule has 0 radical (unpaired) electrons. The molecule has 2 N–H and O–H groups in total. The van der Waals surface area contributed by atoms with Crippen molar-refractivity contribution in [3.63, 3.8) is 0 Å². The molecule has 0 fully saturated rings. The van der Waals surface area contributed by atoms with Crippen LogP contribution in [0.25, 0.3) is 22.4 Å². The fourth-order valence-corrected chi connectivity index (χ4v) is 3.91. The summed E-state index contributed by atoms with van der Waals surface area (Å²) in [6.45, 7) is 7.55. The maximum atomic E-state index is 12.5. The predicted molar refractivity (Wildman–Crippen MR) is 116 cm³/mol. The first kappa shape index (κ1) is 19.4. The molecule has 1 amide bonds. The van der Waals surface area contributed by atoms with Gasteiger partial charge in [-0.15, -0.1) is 0 Å². The summed E-state index contributed by atoms with van der Waals surface area (Å²) < 4.78 is 0. The van der Waals surface area contributed by atoms with Crippen molar-refractivity contribution in [1.29, 1.82) is 0 Å². The molecular weight excluding hydrogens is 360 g/mol. The quantitative estimate of drug-likeness (QED) is 0.694. The standard InChI is InChI=1S/C24H28N4O/c1-16(2)25-24(29)17(3)28-14-13-22-21(15-28)23(27-26-22)20-11-9-19(10-12-20)18-7-5-4-6-8-18/h4-12,16-17H,13-15H2,1-3H3,(H,25,29)(H,26,27)/t17-/m0/s1. The van der Waals surface area contributed by atoms with E-state index in [0.717, 1.165) is 30.8 Å². The van der Waals surface area contributed by atoms with Crippen molar-refractivity contribution in [3.8, 4) is 22.4 Å². The minimum Gasteiger partial charge on any atom is -0.353 e. The van der Waals surface area contributed by atoms with Crippen molar-refractivity contribution in [2.75, 3.05) is 6.54 Å². The van der Waals surface area contributed by atoms with Gasteiger partial charge < -0.3 is 5.32 Å². The van der Waals surface area contributed by atoms with Crippen LogP contribution in [-0.2, 0) is 17.8 Å². The molecule has 29 heavy (non-hydrogen) atoms. The minimum absolute atomic E-state index is 0.0840. The van der Waals surface area contributed by atoms with Gasteiger partial charge in [0.2, 0.25) is 5.91 Å². The van der Waals surface area contributed by atoms with Crippen LogP contribution in [0.1, 0.15) is 32.0 Å². The topological polar surface area (TPSA) is 61.0 Å². The van der Waals surface area contributed by atoms with Gasteiger partial charge in [-0.1, -0.05) is 54.6 Å². The average Bonchev–Trinajstić information content (AvgIpc) is 3.16. The highest BCUT2D eigenvalue weighted by Gasteiger charge is 2.28. The normalized spacial score (nSPS) is 15.2. The van der Waals surface area contributed by atoms with E-state index >= 15 is 0 Å². The van der Waals surface area contributed by atoms with Crippen LogP contribution in [0.2, 0.25) is 0 Å². The summed E-state index contributed by atoms with van der Waals surface area (Å²) in [5.41, 5.74) is 6.87. The van der Waals surface area contributed by atoms with Crippen LogP contribution in [0.5, 0.6) is 0 Å². The number of rotatable bonds is 5. The van der Waals surface area contributed by atoms with Crippen LogP contribution in [0, 0.1) is 0 Å². The molecular formula is C24H28N4O. The van der Waals surface area contributed by atoms with E-state index in [2.05, 4.69) is 68.9 Å². The summed E-state index contributed by atoms with van der Waals surface area (Å²) >= 11 is 0. The van der Waals surface area contributed by atoms with Gasteiger partial charge in [0.15, 0.2) is 0 Å². The van der Waals surface area contributed by atoms with Gasteiger partial charge >= 0.3 is 0 Å². The minimum atomic E-state index is -0.159. The maximum Gasteiger partial charge on any atom is 0.237 e. The molecule has 0 aliphatic carbocycles. The number of fused-ring (bicyclic) bond motifs is 1. The maximum absolute atomic E-state index is 12.5. The fraction of sp³-hybridized carbons (Fsp3) is 0.333. The zero-order chi connectivity index (χ0) is 20.4. The summed E-state index contributed by atoms with van der Waals surface area (Å²) in [7, 11) is 0. The molecule has 0 bridgehead atoms. The Labute approximate surface area is 172 Å². The van der Waals surface area contributed by atoms with Gasteiger partial charge in [0, 0.05) is 42.4 Å². The van der Waals surface area contributed by atoms with E-state index in [0.29, 0.717) is 0 Å². The second-order valence-corrected chi connectivity index (χ2v) is 8.03. The summed E-state index contributed by atoms with van der Waals surface area (Å²) in [5.74, 6) is 0.0840. The number of benzene rings is 2. The zero-order valence-electron chi connectivity index (χ0n) is 17.3. The van der Waals surface area contributed by atoms with E-state index < -0.39 is 0 Å². The lowest BCUT2D eigenvalue weighted by Crippen LogP contribution is -2.48. The molecule has 5 heteroatoms. The van der Waals surface area contributed by atoms with Crippen LogP contribution in [-0.4, -0.2) is 39.6 Å². The van der Waals surface area contributed by atoms with Crippen LogP contribution in [0.3, 0.4) is 0 Å². The second kappa shape index (κ2) is 8.21. The van der Waals surface area contributed by atoms with Crippen molar-refractivity contribution in [3.05, 3.63) is 65.9 Å². The van der Waals surface area contributed by atoms with Gasteiger partial charge in [0.25, 0.3) is 0 Å². The molecule has 2 heterocycles. The van der Waals surface area contributed by atoms with Crippen molar-refractivity contribution in [2.45, 2.75) is 45.8 Å². The Morgan fingerprint density at radius 2 is 1.66 bits per heavy atom. The van der Waals surface area contributed by atoms with Crippen molar-refractivity contribution >= 4 is 5.91 Å². The lowest BCUT2D eigenvalue weighted by molar-refractivity contribution is -0.126. The van der Waals surface area contributed by atoms with Gasteiger partial charge in [-0.05, 0) is 31.9 Å². The summed E-state index contributed by atoms with van der Waals surface area (Å²) in [6, 6.07) is 18.9. The highest BCUT2D eigenvalue weighted by Crippen LogP contribution is 2.30. The molecule has 4 rings (SSSR count). The van der Waals surface area contributed by atoms with E-state index in [1.54, 1.807) is 0 Å². The number of H-pyrrole nitrogens is 1. The largest absolute Gasteiger partial charge is 0.353 e. The third-order valence-corrected chi connectivity index (χ3v) is 5.59. The molecule has 1 atom stereocenters. The molecule has 1 aromatic heterocycles. The lowest BCUT2D eigenvalue weighted by Gasteiger charge is -2.32. The van der Waals surface area contributed by atoms with Gasteiger partial charge in [-0.3, -0.25) is 14.8 Å². The summed E-state index contributed by atoms with van der Waals surface area (Å²) in [5, 5.41) is 10.8. The third kappa shape index (κ3) is 4.10. The number of hydrogen-bond donors (Lipinski definition) is 2. The fourth-order valence-electron chi connectivity index (χ4n) is 3.91. The van der Waals surface area contributed by atoms with Crippen LogP contribution in [0.4, 0.5) is 0 Å². The first-order valence-electron chi connectivity index (χ1n) is 10.3. The van der Waals surface area contributed by atoms with Gasteiger partial charge in [0.05, 0.1) is 11.7 Å². The number of aromatic nitrogens is 2. The highest BCUT2D eigenvalue weighted by molar-refractivity contribution is 5.81. The lowest BCUT2D eigenvalue weighted by atomic mass is 9.98. The predicted octanol–water partition coefficient (Wildman–Crippen LogP) is 4.01. The molecule has 1 aliphatic rings. The second-order valence-electron chi connectivity index (χ2n) is 8.03. The van der Waals surface area contributed by atoms with E-state index in [1.165, 1.54) is 22.4 Å². The number of carbonyl (C=O) groups excluding carboxylic acids is 1. The van der Waals surface area contributed by atoms with Crippen molar-refractivity contribution in [1.82, 2.24) is 20.4 Å². The molecule has 150 valence electrons. The van der Waals surface area contributed by atoms with Crippen LogP contribution in [0.15, 0.2) is 54.6 Å². The number of aromatic amines is 1. The smallest absolute Gasteiger partial charge is 0.237 e. The molecule has 2 aromatic carbocycles. The Morgan fingerprint density at radius 1 is 1.00 bits per heavy atom. The summed E-state index contributed by atoms with van der Waals surface area (Å²) in [4.78, 5) is 14.7.